The lowest BCUT2D eigenvalue weighted by Crippen LogP contribution is -2.29. The number of hydrazone groups is 1. The first kappa shape index (κ1) is 20.6. The Morgan fingerprint density at radius 2 is 1.93 bits per heavy atom. The molecular weight excluding hydrogens is 368 g/mol. The van der Waals surface area contributed by atoms with Crippen molar-refractivity contribution in [3.05, 3.63) is 56.7 Å². The number of unbranched alkanes of at least 4 members (excludes halogenated alkanes) is 2. The van der Waals surface area contributed by atoms with Gasteiger partial charge in [-0.1, -0.05) is 63.9 Å². The largest absolute Gasteiger partial charge is 0.329 e. The number of hydrogen-bond donors (Lipinski definition) is 2. The van der Waals surface area contributed by atoms with E-state index in [1.165, 1.54) is 4.57 Å². The van der Waals surface area contributed by atoms with Gasteiger partial charge in [-0.2, -0.15) is 10.1 Å². The van der Waals surface area contributed by atoms with Crippen molar-refractivity contribution in [3.8, 4) is 0 Å². The molecule has 2 N–H and O–H groups in total. The molecule has 154 valence electrons. The third-order valence-corrected chi connectivity index (χ3v) is 4.89. The number of aromatic nitrogens is 4. The number of aromatic amines is 1. The fraction of sp³-hybridized carbons (Fsp3) is 0.429. The maximum absolute atomic E-state index is 12.5. The lowest BCUT2D eigenvalue weighted by molar-refractivity contribution is 0.615. The van der Waals surface area contributed by atoms with Gasteiger partial charge >= 0.3 is 5.69 Å². The van der Waals surface area contributed by atoms with Crippen molar-refractivity contribution in [3.63, 3.8) is 0 Å². The zero-order chi connectivity index (χ0) is 21.0. The van der Waals surface area contributed by atoms with Gasteiger partial charge in [0.2, 0.25) is 5.95 Å². The molecule has 3 rings (SSSR count). The van der Waals surface area contributed by atoms with Gasteiger partial charge in [0.05, 0.1) is 5.71 Å². The highest BCUT2D eigenvalue weighted by molar-refractivity contribution is 6.02. The van der Waals surface area contributed by atoms with Gasteiger partial charge in [-0.05, 0) is 17.9 Å². The van der Waals surface area contributed by atoms with Crippen molar-refractivity contribution in [2.24, 2.45) is 18.1 Å². The Labute approximate surface area is 169 Å². The van der Waals surface area contributed by atoms with Gasteiger partial charge in [0, 0.05) is 13.6 Å². The normalized spacial score (nSPS) is 12.1. The van der Waals surface area contributed by atoms with E-state index in [-0.39, 0.29) is 5.92 Å². The minimum Gasteiger partial charge on any atom is -0.303 e. The Kier molecular flexibility index (Phi) is 6.31. The number of nitrogens with one attached hydrogen (secondary N) is 2. The van der Waals surface area contributed by atoms with E-state index in [2.05, 4.69) is 41.3 Å². The molecule has 2 aromatic heterocycles. The van der Waals surface area contributed by atoms with Crippen LogP contribution in [-0.4, -0.2) is 24.8 Å². The van der Waals surface area contributed by atoms with Crippen LogP contribution < -0.4 is 16.7 Å². The molecule has 0 amide bonds. The molecule has 0 spiro atoms. The third-order valence-electron chi connectivity index (χ3n) is 4.89. The van der Waals surface area contributed by atoms with Gasteiger partial charge in [0.1, 0.15) is 0 Å². The first-order chi connectivity index (χ1) is 13.9. The second-order valence-corrected chi connectivity index (χ2v) is 7.41. The van der Waals surface area contributed by atoms with Gasteiger partial charge in [0.15, 0.2) is 11.2 Å². The van der Waals surface area contributed by atoms with Crippen LogP contribution in [0, 0.1) is 5.92 Å². The molecule has 0 radical (unpaired) electrons. The number of fused-ring (bicyclic) bond motifs is 1. The van der Waals surface area contributed by atoms with E-state index in [0.29, 0.717) is 23.7 Å². The Balaban J connectivity index is 2.09. The summed E-state index contributed by atoms with van der Waals surface area (Å²) in [6.45, 7) is 6.89. The lowest BCUT2D eigenvalue weighted by Gasteiger charge is -2.12. The van der Waals surface area contributed by atoms with Crippen LogP contribution in [0.1, 0.15) is 45.6 Å². The Morgan fingerprint density at radius 3 is 2.59 bits per heavy atom. The maximum Gasteiger partial charge on any atom is 0.329 e. The van der Waals surface area contributed by atoms with E-state index < -0.39 is 11.2 Å². The molecule has 8 nitrogen and oxygen atoms in total. The summed E-state index contributed by atoms with van der Waals surface area (Å²) in [7, 11) is 1.60. The lowest BCUT2D eigenvalue weighted by atomic mass is 10.0. The van der Waals surface area contributed by atoms with Crippen LogP contribution in [0.4, 0.5) is 5.95 Å². The van der Waals surface area contributed by atoms with Crippen LogP contribution in [0.15, 0.2) is 45.0 Å². The highest BCUT2D eigenvalue weighted by Gasteiger charge is 2.17. The van der Waals surface area contributed by atoms with E-state index in [0.717, 1.165) is 30.5 Å². The number of rotatable bonds is 8. The van der Waals surface area contributed by atoms with Crippen molar-refractivity contribution < 1.29 is 0 Å². The van der Waals surface area contributed by atoms with Gasteiger partial charge in [-0.3, -0.25) is 14.3 Å². The molecule has 0 aliphatic carbocycles. The summed E-state index contributed by atoms with van der Waals surface area (Å²) < 4.78 is 3.16. The summed E-state index contributed by atoms with van der Waals surface area (Å²) in [4.78, 5) is 31.4. The predicted molar refractivity (Wildman–Crippen MR) is 117 cm³/mol. The van der Waals surface area contributed by atoms with E-state index in [4.69, 9.17) is 0 Å². The smallest absolute Gasteiger partial charge is 0.303 e. The van der Waals surface area contributed by atoms with E-state index in [9.17, 15) is 9.59 Å². The zero-order valence-corrected chi connectivity index (χ0v) is 17.4. The number of anilines is 1. The molecule has 0 aliphatic rings. The summed E-state index contributed by atoms with van der Waals surface area (Å²) in [6, 6.07) is 9.94. The van der Waals surface area contributed by atoms with Crippen molar-refractivity contribution in [1.29, 1.82) is 0 Å². The minimum absolute atomic E-state index is 0.190. The molecular formula is C21H28N6O2. The Bertz CT molecular complexity index is 1120. The molecule has 3 aromatic rings. The highest BCUT2D eigenvalue weighted by atomic mass is 16.2. The number of benzene rings is 1. The van der Waals surface area contributed by atoms with Crippen molar-refractivity contribution >= 4 is 22.8 Å². The minimum atomic E-state index is -0.483. The number of imidazole rings is 1. The number of H-pyrrole nitrogens is 1. The molecule has 29 heavy (non-hydrogen) atoms. The van der Waals surface area contributed by atoms with Crippen molar-refractivity contribution in [2.45, 2.75) is 46.6 Å². The molecule has 1 aromatic carbocycles. The average Bonchev–Trinajstić information content (AvgIpc) is 3.06. The van der Waals surface area contributed by atoms with Crippen LogP contribution >= 0.6 is 0 Å². The summed E-state index contributed by atoms with van der Waals surface area (Å²) in [5.74, 6) is 0.646. The topological polar surface area (TPSA) is 97.1 Å². The molecule has 0 aliphatic heterocycles. The quantitative estimate of drug-likeness (QED) is 0.347. The van der Waals surface area contributed by atoms with Crippen LogP contribution in [0.3, 0.4) is 0 Å². The highest BCUT2D eigenvalue weighted by Crippen LogP contribution is 2.18. The maximum atomic E-state index is 12.5. The Hall–Kier alpha value is -3.16. The monoisotopic (exact) mass is 396 g/mol. The number of hydrogen-bond acceptors (Lipinski definition) is 5. The Morgan fingerprint density at radius 1 is 1.21 bits per heavy atom. The fourth-order valence-corrected chi connectivity index (χ4v) is 3.30. The first-order valence-electron chi connectivity index (χ1n) is 10.0. The molecule has 0 atom stereocenters. The van der Waals surface area contributed by atoms with Crippen LogP contribution in [0.25, 0.3) is 11.2 Å². The van der Waals surface area contributed by atoms with Crippen LogP contribution in [0.2, 0.25) is 0 Å². The number of nitrogens with zero attached hydrogens (tertiary/aromatic N) is 4. The second-order valence-electron chi connectivity index (χ2n) is 7.41. The van der Waals surface area contributed by atoms with E-state index in [1.54, 1.807) is 7.05 Å². The van der Waals surface area contributed by atoms with Crippen LogP contribution in [0.5, 0.6) is 0 Å². The summed E-state index contributed by atoms with van der Waals surface area (Å²) in [5, 5.41) is 4.61. The van der Waals surface area contributed by atoms with Gasteiger partial charge in [0.25, 0.3) is 5.56 Å². The molecule has 0 saturated heterocycles. The van der Waals surface area contributed by atoms with Crippen LogP contribution in [-0.2, 0) is 13.6 Å². The molecule has 0 fully saturated rings. The third kappa shape index (κ3) is 4.31. The molecule has 0 saturated carbocycles. The number of aryl methyl sites for hydroxylation is 2. The SMILES string of the molecule is CCCCCn1c(N/N=C(/c2ccccc2)C(C)C)nc2c1c(=O)[nH]c(=O)n2C. The summed E-state index contributed by atoms with van der Waals surface area (Å²) in [6.07, 6.45) is 3.00. The molecule has 8 heteroatoms. The first-order valence-corrected chi connectivity index (χ1v) is 10.0. The zero-order valence-electron chi connectivity index (χ0n) is 17.4. The van der Waals surface area contributed by atoms with Gasteiger partial charge in [-0.15, -0.1) is 0 Å². The average molecular weight is 396 g/mol. The fourth-order valence-electron chi connectivity index (χ4n) is 3.30. The second kappa shape index (κ2) is 8.89. The van der Waals surface area contributed by atoms with E-state index >= 15 is 0 Å². The molecule has 0 bridgehead atoms. The summed E-state index contributed by atoms with van der Waals surface area (Å²) >= 11 is 0. The molecule has 2 heterocycles. The van der Waals surface area contributed by atoms with Crippen molar-refractivity contribution in [1.82, 2.24) is 19.1 Å². The van der Waals surface area contributed by atoms with Gasteiger partial charge < -0.3 is 4.57 Å². The molecule has 0 unspecified atom stereocenters. The standard InChI is InChI=1S/C21H28N6O2/c1-5-6-10-13-27-17-18(26(4)21(29)23-19(17)28)22-20(27)25-24-16(14(2)3)15-11-8-7-9-12-15/h7-9,11-12,14H,5-6,10,13H2,1-4H3,(H,22,25)(H,23,28,29)/b24-16+. The van der Waals surface area contributed by atoms with Gasteiger partial charge in [-0.25, -0.2) is 10.2 Å². The van der Waals surface area contributed by atoms with Crippen molar-refractivity contribution in [2.75, 3.05) is 5.43 Å². The van der Waals surface area contributed by atoms with E-state index in [1.807, 2.05) is 34.9 Å². The predicted octanol–water partition coefficient (Wildman–Crippen LogP) is 3.09. The summed E-state index contributed by atoms with van der Waals surface area (Å²) in [5.41, 5.74) is 4.78.